The number of furan rings is 1. The summed E-state index contributed by atoms with van der Waals surface area (Å²) in [6.45, 7) is 6.46. The Hall–Kier alpha value is -4.12. The summed E-state index contributed by atoms with van der Waals surface area (Å²) >= 11 is 0. The summed E-state index contributed by atoms with van der Waals surface area (Å²) in [5, 5.41) is 5.95. The van der Waals surface area contributed by atoms with E-state index in [1.54, 1.807) is 19.1 Å². The van der Waals surface area contributed by atoms with Gasteiger partial charge < -0.3 is 14.5 Å². The van der Waals surface area contributed by atoms with Crippen molar-refractivity contribution >= 4 is 33.8 Å². The largest absolute Gasteiger partial charge is 0.462 e. The first-order valence-electron chi connectivity index (χ1n) is 12.8. The monoisotopic (exact) mass is 491 g/mol. The van der Waals surface area contributed by atoms with E-state index in [0.717, 1.165) is 45.2 Å². The molecule has 0 bridgehead atoms. The van der Waals surface area contributed by atoms with E-state index in [1.807, 2.05) is 30.3 Å². The summed E-state index contributed by atoms with van der Waals surface area (Å²) in [5.41, 5.74) is 5.32. The number of benzene rings is 3. The number of ketones is 1. The van der Waals surface area contributed by atoms with Gasteiger partial charge in [-0.05, 0) is 65.4 Å². The Kier molecular flexibility index (Phi) is 5.52. The lowest BCUT2D eigenvalue weighted by molar-refractivity contribution is -0.118. The van der Waals surface area contributed by atoms with Crippen molar-refractivity contribution < 1.29 is 18.7 Å². The van der Waals surface area contributed by atoms with Crippen LogP contribution in [0.15, 0.2) is 82.8 Å². The van der Waals surface area contributed by atoms with Gasteiger partial charge in [0, 0.05) is 28.8 Å². The minimum atomic E-state index is -0.361. The molecule has 0 amide bonds. The smallest absolute Gasteiger partial charge is 0.338 e. The molecule has 0 fully saturated rings. The van der Waals surface area contributed by atoms with Gasteiger partial charge in [0.2, 0.25) is 0 Å². The SMILES string of the molecule is CCOC(=O)c1ccc(-c2ccc([C@@H]3Nc4ccc5ccccc5c4C4=C3C(=O)CC(C)(C)C4)o2)cc1. The highest BCUT2D eigenvalue weighted by Crippen LogP contribution is 2.52. The Morgan fingerprint density at radius 1 is 1.00 bits per heavy atom. The number of Topliss-reactive ketones (excluding diaryl/α,β-unsaturated/α-hetero) is 1. The molecule has 0 radical (unpaired) electrons. The van der Waals surface area contributed by atoms with Crippen molar-refractivity contribution in [3.05, 3.63) is 95.3 Å². The maximum absolute atomic E-state index is 13.6. The topological polar surface area (TPSA) is 68.5 Å². The van der Waals surface area contributed by atoms with E-state index in [1.165, 1.54) is 0 Å². The summed E-state index contributed by atoms with van der Waals surface area (Å²) in [5.74, 6) is 1.20. The molecule has 0 saturated heterocycles. The molecule has 0 saturated carbocycles. The zero-order chi connectivity index (χ0) is 25.7. The number of nitrogens with one attached hydrogen (secondary N) is 1. The summed E-state index contributed by atoms with van der Waals surface area (Å²) < 4.78 is 11.4. The normalized spacial score (nSPS) is 18.2. The van der Waals surface area contributed by atoms with Crippen molar-refractivity contribution in [3.8, 4) is 11.3 Å². The highest BCUT2D eigenvalue weighted by Gasteiger charge is 2.41. The lowest BCUT2D eigenvalue weighted by Crippen LogP contribution is -2.33. The van der Waals surface area contributed by atoms with Crippen LogP contribution >= 0.6 is 0 Å². The first kappa shape index (κ1) is 23.3. The molecule has 186 valence electrons. The molecule has 0 unspecified atom stereocenters. The number of anilines is 1. The molecule has 1 N–H and O–H groups in total. The number of rotatable bonds is 4. The van der Waals surface area contributed by atoms with Gasteiger partial charge >= 0.3 is 5.97 Å². The summed E-state index contributed by atoms with van der Waals surface area (Å²) in [6.07, 6.45) is 1.34. The van der Waals surface area contributed by atoms with E-state index in [4.69, 9.17) is 9.15 Å². The van der Waals surface area contributed by atoms with Gasteiger partial charge in [-0.1, -0.05) is 56.3 Å². The zero-order valence-electron chi connectivity index (χ0n) is 21.3. The number of hydrogen-bond donors (Lipinski definition) is 1. The van der Waals surface area contributed by atoms with Crippen LogP contribution in [0.2, 0.25) is 0 Å². The number of allylic oxidation sites excluding steroid dienone is 1. The van der Waals surface area contributed by atoms with E-state index in [0.29, 0.717) is 30.1 Å². The molecule has 0 spiro atoms. The van der Waals surface area contributed by atoms with E-state index in [-0.39, 0.29) is 23.2 Å². The van der Waals surface area contributed by atoms with Gasteiger partial charge in [0.25, 0.3) is 0 Å². The Balaban J connectivity index is 1.42. The number of ether oxygens (including phenoxy) is 1. The fourth-order valence-electron chi connectivity index (χ4n) is 5.70. The molecule has 2 heterocycles. The van der Waals surface area contributed by atoms with Gasteiger partial charge in [-0.3, -0.25) is 4.79 Å². The van der Waals surface area contributed by atoms with Crippen molar-refractivity contribution in [1.82, 2.24) is 0 Å². The van der Waals surface area contributed by atoms with E-state index < -0.39 is 0 Å². The maximum atomic E-state index is 13.6. The van der Waals surface area contributed by atoms with Gasteiger partial charge in [0.05, 0.1) is 12.2 Å². The minimum absolute atomic E-state index is 0.110. The fraction of sp³-hybridized carbons (Fsp3) is 0.250. The third kappa shape index (κ3) is 4.05. The predicted molar refractivity (Wildman–Crippen MR) is 145 cm³/mol. The first-order chi connectivity index (χ1) is 17.8. The van der Waals surface area contributed by atoms with Gasteiger partial charge in [-0.25, -0.2) is 4.79 Å². The fourth-order valence-corrected chi connectivity index (χ4v) is 5.70. The van der Waals surface area contributed by atoms with Crippen molar-refractivity contribution in [2.45, 2.75) is 39.7 Å². The number of hydrogen-bond acceptors (Lipinski definition) is 5. The molecule has 1 aromatic heterocycles. The lowest BCUT2D eigenvalue weighted by Gasteiger charge is -2.39. The van der Waals surface area contributed by atoms with Crippen LogP contribution in [-0.4, -0.2) is 18.4 Å². The lowest BCUT2D eigenvalue weighted by atomic mass is 9.68. The molecule has 37 heavy (non-hydrogen) atoms. The van der Waals surface area contributed by atoms with Gasteiger partial charge in [0.1, 0.15) is 17.6 Å². The molecule has 5 heteroatoms. The zero-order valence-corrected chi connectivity index (χ0v) is 21.3. The molecule has 6 rings (SSSR count). The Labute approximate surface area is 216 Å². The van der Waals surface area contributed by atoms with Crippen molar-refractivity contribution in [3.63, 3.8) is 0 Å². The maximum Gasteiger partial charge on any atom is 0.338 e. The van der Waals surface area contributed by atoms with Crippen LogP contribution in [0.5, 0.6) is 0 Å². The third-order valence-corrected chi connectivity index (χ3v) is 7.33. The van der Waals surface area contributed by atoms with Gasteiger partial charge in [-0.2, -0.15) is 0 Å². The third-order valence-electron chi connectivity index (χ3n) is 7.33. The molecule has 1 aliphatic heterocycles. The number of esters is 1. The van der Waals surface area contributed by atoms with Gasteiger partial charge in [0.15, 0.2) is 5.78 Å². The Bertz CT molecular complexity index is 1570. The molecule has 3 aromatic carbocycles. The summed E-state index contributed by atoms with van der Waals surface area (Å²) in [6, 6.07) is 23.3. The van der Waals surface area contributed by atoms with Gasteiger partial charge in [-0.15, -0.1) is 0 Å². The molecule has 5 nitrogen and oxygen atoms in total. The number of carbonyl (C=O) groups is 2. The van der Waals surface area contributed by atoms with E-state index in [2.05, 4.69) is 49.5 Å². The van der Waals surface area contributed by atoms with Crippen LogP contribution in [0.4, 0.5) is 5.69 Å². The standard InChI is InChI=1S/C32H29NO4/c1-4-36-31(35)21-11-9-20(10-12-21)26-15-16-27(37-26)30-29-23(17-32(2,3)18-25(29)34)28-22-8-6-5-7-19(22)13-14-24(28)33-30/h5-16,30,33H,4,17-18H2,1-3H3/t30-/m0/s1. The predicted octanol–water partition coefficient (Wildman–Crippen LogP) is 7.59. The average molecular weight is 492 g/mol. The first-order valence-corrected chi connectivity index (χ1v) is 12.8. The summed E-state index contributed by atoms with van der Waals surface area (Å²) in [7, 11) is 0. The van der Waals surface area contributed by atoms with E-state index >= 15 is 0 Å². The minimum Gasteiger partial charge on any atom is -0.462 e. The highest BCUT2D eigenvalue weighted by atomic mass is 16.5. The van der Waals surface area contributed by atoms with Crippen LogP contribution in [0.25, 0.3) is 27.7 Å². The summed E-state index contributed by atoms with van der Waals surface area (Å²) in [4.78, 5) is 25.6. The molecular formula is C32H29NO4. The Morgan fingerprint density at radius 3 is 2.57 bits per heavy atom. The molecule has 1 atom stereocenters. The second-order valence-electron chi connectivity index (χ2n) is 10.6. The van der Waals surface area contributed by atoms with Crippen LogP contribution in [-0.2, 0) is 9.53 Å². The quantitative estimate of drug-likeness (QED) is 0.298. The van der Waals surface area contributed by atoms with Crippen LogP contribution < -0.4 is 5.32 Å². The average Bonchev–Trinajstić information content (AvgIpc) is 3.37. The van der Waals surface area contributed by atoms with Crippen LogP contribution in [0.3, 0.4) is 0 Å². The molecule has 4 aromatic rings. The van der Waals surface area contributed by atoms with Crippen LogP contribution in [0.1, 0.15) is 61.3 Å². The van der Waals surface area contributed by atoms with Crippen molar-refractivity contribution in [2.24, 2.45) is 5.41 Å². The molecular weight excluding hydrogens is 462 g/mol. The number of fused-ring (bicyclic) bond motifs is 4. The second-order valence-corrected chi connectivity index (χ2v) is 10.6. The van der Waals surface area contributed by atoms with Crippen LogP contribution in [0, 0.1) is 5.41 Å². The molecule has 1 aliphatic carbocycles. The highest BCUT2D eigenvalue weighted by molar-refractivity contribution is 6.12. The van der Waals surface area contributed by atoms with E-state index in [9.17, 15) is 9.59 Å². The second kappa shape index (κ2) is 8.77. The van der Waals surface area contributed by atoms with Crippen molar-refractivity contribution in [1.29, 1.82) is 0 Å². The van der Waals surface area contributed by atoms with Crippen molar-refractivity contribution in [2.75, 3.05) is 11.9 Å². The number of carbonyl (C=O) groups excluding carboxylic acids is 2. The Morgan fingerprint density at radius 2 is 1.78 bits per heavy atom. The molecule has 2 aliphatic rings.